The second kappa shape index (κ2) is 9.47. The molecule has 0 bridgehead atoms. The molecule has 1 N–H and O–H groups in total. The van der Waals surface area contributed by atoms with Crippen LogP contribution in [0, 0.1) is 6.92 Å². The Balaban J connectivity index is 0.000000510. The average molecular weight is 291 g/mol. The maximum atomic E-state index is 4.15. The molecule has 1 fully saturated rings. The number of hydrogen-bond acceptors (Lipinski definition) is 4. The van der Waals surface area contributed by atoms with Gasteiger partial charge < -0.3 is 5.32 Å². The molecule has 21 heavy (non-hydrogen) atoms. The Hall–Kier alpha value is -1.46. The van der Waals surface area contributed by atoms with Crippen molar-refractivity contribution in [2.24, 2.45) is 0 Å². The summed E-state index contributed by atoms with van der Waals surface area (Å²) in [5.41, 5.74) is 2.25. The van der Waals surface area contributed by atoms with E-state index >= 15 is 0 Å². The molecule has 0 unspecified atom stereocenters. The Morgan fingerprint density at radius 1 is 1.10 bits per heavy atom. The van der Waals surface area contributed by atoms with Gasteiger partial charge in [-0.15, -0.1) is 10.2 Å². The van der Waals surface area contributed by atoms with Gasteiger partial charge in [0.15, 0.2) is 5.65 Å². The van der Waals surface area contributed by atoms with E-state index in [2.05, 4.69) is 38.7 Å². The van der Waals surface area contributed by atoms with Crippen LogP contribution in [0.5, 0.6) is 0 Å². The van der Waals surface area contributed by atoms with Crippen LogP contribution in [0.1, 0.15) is 39.1 Å². The Morgan fingerprint density at radius 3 is 2.43 bits per heavy atom. The van der Waals surface area contributed by atoms with Gasteiger partial charge in [-0.3, -0.25) is 9.30 Å². The van der Waals surface area contributed by atoms with E-state index in [-0.39, 0.29) is 0 Å². The highest BCUT2D eigenvalue weighted by molar-refractivity contribution is 5.41. The molecule has 0 saturated carbocycles. The topological polar surface area (TPSA) is 45.5 Å². The molecular weight excluding hydrogens is 262 g/mol. The van der Waals surface area contributed by atoms with E-state index in [4.69, 9.17) is 0 Å². The van der Waals surface area contributed by atoms with Gasteiger partial charge in [0.25, 0.3) is 0 Å². The number of aryl methyl sites for hydroxylation is 1. The molecule has 2 aromatic heterocycles. The fraction of sp³-hybridized carbons (Fsp3) is 0.625. The van der Waals surface area contributed by atoms with Crippen molar-refractivity contribution in [2.75, 3.05) is 26.2 Å². The molecule has 0 aliphatic carbocycles. The van der Waals surface area contributed by atoms with E-state index in [1.807, 2.05) is 39.0 Å². The normalized spacial score (nSPS) is 14.9. The largest absolute Gasteiger partial charge is 0.314 e. The Labute approximate surface area is 128 Å². The fourth-order valence-corrected chi connectivity index (χ4v) is 2.28. The second-order valence-corrected chi connectivity index (χ2v) is 4.54. The zero-order chi connectivity index (χ0) is 15.7. The molecule has 0 radical (unpaired) electrons. The van der Waals surface area contributed by atoms with Crippen LogP contribution < -0.4 is 5.32 Å². The Bertz CT molecular complexity index is 514. The summed E-state index contributed by atoms with van der Waals surface area (Å²) in [4.78, 5) is 2.46. The number of rotatable bonds is 2. The highest BCUT2D eigenvalue weighted by Crippen LogP contribution is 2.09. The van der Waals surface area contributed by atoms with Gasteiger partial charge in [-0.05, 0) is 24.6 Å². The highest BCUT2D eigenvalue weighted by Gasteiger charge is 2.10. The SMILES string of the molecule is CC.CC.Cc1nnc2cc(CN3CCNCC3)ccn12. The maximum Gasteiger partial charge on any atom is 0.161 e. The summed E-state index contributed by atoms with van der Waals surface area (Å²) in [5, 5.41) is 11.6. The van der Waals surface area contributed by atoms with E-state index in [0.717, 1.165) is 44.2 Å². The number of piperazine rings is 1. The zero-order valence-corrected chi connectivity index (χ0v) is 14.1. The first-order valence-corrected chi connectivity index (χ1v) is 8.06. The van der Waals surface area contributed by atoms with Gasteiger partial charge in [-0.1, -0.05) is 27.7 Å². The van der Waals surface area contributed by atoms with Gasteiger partial charge >= 0.3 is 0 Å². The second-order valence-electron chi connectivity index (χ2n) is 4.54. The molecule has 1 saturated heterocycles. The lowest BCUT2D eigenvalue weighted by Gasteiger charge is -2.27. The molecule has 3 rings (SSSR count). The number of hydrogen-bond donors (Lipinski definition) is 1. The van der Waals surface area contributed by atoms with Crippen molar-refractivity contribution in [1.82, 2.24) is 24.8 Å². The van der Waals surface area contributed by atoms with Crippen molar-refractivity contribution in [1.29, 1.82) is 0 Å². The molecule has 5 heteroatoms. The minimum Gasteiger partial charge on any atom is -0.314 e. The first kappa shape index (κ1) is 17.6. The zero-order valence-electron chi connectivity index (χ0n) is 14.1. The van der Waals surface area contributed by atoms with E-state index in [0.29, 0.717) is 0 Å². The van der Waals surface area contributed by atoms with Crippen molar-refractivity contribution in [3.05, 3.63) is 29.7 Å². The van der Waals surface area contributed by atoms with Crippen LogP contribution in [-0.4, -0.2) is 45.7 Å². The molecule has 0 atom stereocenters. The summed E-state index contributed by atoms with van der Waals surface area (Å²) in [7, 11) is 0. The van der Waals surface area contributed by atoms with Crippen LogP contribution in [0.2, 0.25) is 0 Å². The van der Waals surface area contributed by atoms with Gasteiger partial charge in [-0.25, -0.2) is 0 Å². The third-order valence-corrected chi connectivity index (χ3v) is 3.26. The predicted octanol–water partition coefficient (Wildman–Crippen LogP) is 2.50. The molecule has 5 nitrogen and oxygen atoms in total. The molecule has 0 amide bonds. The molecule has 118 valence electrons. The Kier molecular flexibility index (Phi) is 7.93. The maximum absolute atomic E-state index is 4.15. The highest BCUT2D eigenvalue weighted by atomic mass is 15.2. The summed E-state index contributed by atoms with van der Waals surface area (Å²) in [6.07, 6.45) is 2.06. The van der Waals surface area contributed by atoms with Crippen molar-refractivity contribution in [2.45, 2.75) is 41.2 Å². The molecule has 0 spiro atoms. The first-order valence-electron chi connectivity index (χ1n) is 8.06. The number of nitrogens with one attached hydrogen (secondary N) is 1. The summed E-state index contributed by atoms with van der Waals surface area (Å²) >= 11 is 0. The average Bonchev–Trinajstić information content (AvgIpc) is 2.93. The van der Waals surface area contributed by atoms with Crippen LogP contribution in [0.15, 0.2) is 18.3 Å². The van der Waals surface area contributed by atoms with Gasteiger partial charge in [0.1, 0.15) is 5.82 Å². The van der Waals surface area contributed by atoms with E-state index in [9.17, 15) is 0 Å². The summed E-state index contributed by atoms with van der Waals surface area (Å²) in [6.45, 7) is 15.4. The number of nitrogens with zero attached hydrogens (tertiary/aromatic N) is 4. The third kappa shape index (κ3) is 4.79. The van der Waals surface area contributed by atoms with Crippen LogP contribution in [0.25, 0.3) is 5.65 Å². The summed E-state index contributed by atoms with van der Waals surface area (Å²) in [5.74, 6) is 0.939. The van der Waals surface area contributed by atoms with Crippen molar-refractivity contribution in [3.8, 4) is 0 Å². The van der Waals surface area contributed by atoms with Gasteiger partial charge in [0, 0.05) is 38.9 Å². The molecule has 1 aliphatic rings. The minimum absolute atomic E-state index is 0.939. The molecule has 0 aromatic carbocycles. The van der Waals surface area contributed by atoms with Gasteiger partial charge in [-0.2, -0.15) is 0 Å². The van der Waals surface area contributed by atoms with E-state index in [1.165, 1.54) is 5.56 Å². The number of aromatic nitrogens is 3. The van der Waals surface area contributed by atoms with Crippen molar-refractivity contribution in [3.63, 3.8) is 0 Å². The Morgan fingerprint density at radius 2 is 1.76 bits per heavy atom. The minimum atomic E-state index is 0.939. The monoisotopic (exact) mass is 291 g/mol. The number of pyridine rings is 1. The molecular formula is C16H29N5. The van der Waals surface area contributed by atoms with Crippen molar-refractivity contribution >= 4 is 5.65 Å². The number of fused-ring (bicyclic) bond motifs is 1. The summed E-state index contributed by atoms with van der Waals surface area (Å²) < 4.78 is 2.02. The van der Waals surface area contributed by atoms with Crippen LogP contribution >= 0.6 is 0 Å². The third-order valence-electron chi connectivity index (χ3n) is 3.26. The molecule has 3 heterocycles. The van der Waals surface area contributed by atoms with Gasteiger partial charge in [0.2, 0.25) is 0 Å². The lowest BCUT2D eigenvalue weighted by molar-refractivity contribution is 0.233. The van der Waals surface area contributed by atoms with Crippen LogP contribution in [-0.2, 0) is 6.54 Å². The van der Waals surface area contributed by atoms with E-state index in [1.54, 1.807) is 0 Å². The fourth-order valence-electron chi connectivity index (χ4n) is 2.28. The first-order chi connectivity index (χ1) is 10.3. The van der Waals surface area contributed by atoms with Crippen LogP contribution in [0.4, 0.5) is 0 Å². The molecule has 1 aliphatic heterocycles. The predicted molar refractivity (Wildman–Crippen MR) is 88.6 cm³/mol. The smallest absolute Gasteiger partial charge is 0.161 e. The standard InChI is InChI=1S/C12H17N5.2C2H6/c1-10-14-15-12-8-11(2-5-17(10)12)9-16-6-3-13-4-7-16;2*1-2/h2,5,8,13H,3-4,6-7,9H2,1H3;2*1-2H3. The van der Waals surface area contributed by atoms with Gasteiger partial charge in [0.05, 0.1) is 0 Å². The van der Waals surface area contributed by atoms with Crippen LogP contribution in [0.3, 0.4) is 0 Å². The lowest BCUT2D eigenvalue weighted by atomic mass is 10.2. The quantitative estimate of drug-likeness (QED) is 0.923. The van der Waals surface area contributed by atoms with Crippen molar-refractivity contribution < 1.29 is 0 Å². The summed E-state index contributed by atoms with van der Waals surface area (Å²) in [6, 6.07) is 4.29. The van der Waals surface area contributed by atoms with E-state index < -0.39 is 0 Å². The molecule has 2 aromatic rings. The lowest BCUT2D eigenvalue weighted by Crippen LogP contribution is -2.42.